The summed E-state index contributed by atoms with van der Waals surface area (Å²) in [6.45, 7) is 2.35. The molecule has 124 valence electrons. The van der Waals surface area contributed by atoms with E-state index in [1.807, 2.05) is 4.90 Å². The van der Waals surface area contributed by atoms with Crippen molar-refractivity contribution in [3.8, 4) is 0 Å². The summed E-state index contributed by atoms with van der Waals surface area (Å²) in [7, 11) is 1.79. The Morgan fingerprint density at radius 3 is 2.59 bits per heavy atom. The molecule has 0 atom stereocenters. The van der Waals surface area contributed by atoms with Gasteiger partial charge in [-0.2, -0.15) is 0 Å². The number of carbonyl (C=O) groups is 1. The highest BCUT2D eigenvalue weighted by Gasteiger charge is 2.24. The maximum Gasteiger partial charge on any atom is 0.225 e. The molecule has 0 saturated carbocycles. The molecular weight excluding hydrogens is 311 g/mol. The van der Waals surface area contributed by atoms with Crippen molar-refractivity contribution in [1.29, 1.82) is 0 Å². The first-order valence-electron chi connectivity index (χ1n) is 6.95. The maximum absolute atomic E-state index is 13.6. The van der Waals surface area contributed by atoms with E-state index in [1.54, 1.807) is 14.0 Å². The molecule has 1 rings (SSSR count). The predicted octanol–water partition coefficient (Wildman–Crippen LogP) is 1.73. The Hall–Kier alpha value is -1.21. The van der Waals surface area contributed by atoms with Crippen LogP contribution in [-0.2, 0) is 4.79 Å². The van der Waals surface area contributed by atoms with Gasteiger partial charge in [0.2, 0.25) is 5.91 Å². The summed E-state index contributed by atoms with van der Waals surface area (Å²) < 4.78 is 13.6. The summed E-state index contributed by atoms with van der Waals surface area (Å²) in [5.74, 6) is -0.898. The van der Waals surface area contributed by atoms with Crippen LogP contribution in [0.2, 0.25) is 5.02 Å². The average Bonchev–Trinajstić information content (AvgIpc) is 2.48. The number of nitrogens with zero attached hydrogens (tertiary/aromatic N) is 1. The molecule has 3 N–H and O–H groups in total. The largest absolute Gasteiger partial charge is 0.396 e. The quantitative estimate of drug-likeness (QED) is 0.678. The van der Waals surface area contributed by atoms with E-state index in [-0.39, 0.29) is 36.3 Å². The fraction of sp³-hybridized carbons (Fsp3) is 0.533. The molecule has 0 aliphatic heterocycles. The Balaban J connectivity index is 2.46. The van der Waals surface area contributed by atoms with Gasteiger partial charge in [-0.25, -0.2) is 4.39 Å². The SMILES string of the molecule is CN(CCC(=O)Nc1ccc(Cl)cc1F)CC(C)(CO)CO. The Morgan fingerprint density at radius 1 is 1.41 bits per heavy atom. The van der Waals surface area contributed by atoms with E-state index >= 15 is 0 Å². The minimum absolute atomic E-state index is 0.0904. The van der Waals surface area contributed by atoms with Crippen molar-refractivity contribution >= 4 is 23.2 Å². The topological polar surface area (TPSA) is 72.8 Å². The molecule has 0 fully saturated rings. The van der Waals surface area contributed by atoms with E-state index in [4.69, 9.17) is 11.6 Å². The summed E-state index contributed by atoms with van der Waals surface area (Å²) in [5, 5.41) is 21.2. The van der Waals surface area contributed by atoms with Crippen molar-refractivity contribution < 1.29 is 19.4 Å². The van der Waals surface area contributed by atoms with Crippen molar-refractivity contribution in [3.63, 3.8) is 0 Å². The van der Waals surface area contributed by atoms with Gasteiger partial charge in [0, 0.05) is 29.9 Å². The van der Waals surface area contributed by atoms with Crippen LogP contribution in [0.1, 0.15) is 13.3 Å². The molecule has 22 heavy (non-hydrogen) atoms. The van der Waals surface area contributed by atoms with E-state index in [1.165, 1.54) is 12.1 Å². The van der Waals surface area contributed by atoms with Gasteiger partial charge < -0.3 is 20.4 Å². The number of benzene rings is 1. The van der Waals surface area contributed by atoms with Crippen LogP contribution in [0, 0.1) is 11.2 Å². The van der Waals surface area contributed by atoms with Crippen molar-refractivity contribution in [2.75, 3.05) is 38.7 Å². The number of aliphatic hydroxyl groups excluding tert-OH is 2. The average molecular weight is 333 g/mol. The van der Waals surface area contributed by atoms with Gasteiger partial charge in [-0.1, -0.05) is 18.5 Å². The highest BCUT2D eigenvalue weighted by molar-refractivity contribution is 6.30. The molecule has 5 nitrogen and oxygen atoms in total. The summed E-state index contributed by atoms with van der Waals surface area (Å²) in [6.07, 6.45) is 0.172. The number of hydrogen-bond donors (Lipinski definition) is 3. The van der Waals surface area contributed by atoms with E-state index in [2.05, 4.69) is 5.32 Å². The molecule has 0 bridgehead atoms. The van der Waals surface area contributed by atoms with Gasteiger partial charge in [0.05, 0.1) is 18.9 Å². The molecule has 0 aliphatic rings. The zero-order valence-electron chi connectivity index (χ0n) is 12.8. The van der Waals surface area contributed by atoms with Gasteiger partial charge >= 0.3 is 0 Å². The number of carbonyl (C=O) groups excluding carboxylic acids is 1. The number of hydrogen-bond acceptors (Lipinski definition) is 4. The highest BCUT2D eigenvalue weighted by atomic mass is 35.5. The third kappa shape index (κ3) is 5.88. The standard InChI is InChI=1S/C15H22ClFN2O3/c1-15(9-20,10-21)8-19(2)6-5-14(22)18-13-4-3-11(16)7-12(13)17/h3-4,7,20-21H,5-6,8-10H2,1-2H3,(H,18,22). The second-order valence-electron chi connectivity index (χ2n) is 5.79. The molecule has 1 aromatic rings. The lowest BCUT2D eigenvalue weighted by Gasteiger charge is -2.30. The molecule has 0 radical (unpaired) electrons. The fourth-order valence-electron chi connectivity index (χ4n) is 1.98. The van der Waals surface area contributed by atoms with E-state index in [9.17, 15) is 19.4 Å². The molecule has 0 unspecified atom stereocenters. The monoisotopic (exact) mass is 332 g/mol. The van der Waals surface area contributed by atoms with Crippen LogP contribution < -0.4 is 5.32 Å². The lowest BCUT2D eigenvalue weighted by molar-refractivity contribution is -0.116. The van der Waals surface area contributed by atoms with E-state index in [0.29, 0.717) is 13.1 Å². The minimum Gasteiger partial charge on any atom is -0.396 e. The van der Waals surface area contributed by atoms with Crippen molar-refractivity contribution in [2.45, 2.75) is 13.3 Å². The van der Waals surface area contributed by atoms with Gasteiger partial charge in [0.25, 0.3) is 0 Å². The van der Waals surface area contributed by atoms with E-state index < -0.39 is 11.2 Å². The fourth-order valence-corrected chi connectivity index (χ4v) is 2.14. The van der Waals surface area contributed by atoms with Gasteiger partial charge in [-0.05, 0) is 25.2 Å². The van der Waals surface area contributed by atoms with Crippen molar-refractivity contribution in [3.05, 3.63) is 29.0 Å². The molecule has 1 aromatic carbocycles. The summed E-state index contributed by atoms with van der Waals surface area (Å²) in [4.78, 5) is 13.7. The van der Waals surface area contributed by atoms with E-state index in [0.717, 1.165) is 6.07 Å². The third-order valence-electron chi connectivity index (χ3n) is 3.34. The Labute approximate surface area is 134 Å². The Morgan fingerprint density at radius 2 is 2.05 bits per heavy atom. The predicted molar refractivity (Wildman–Crippen MR) is 84.4 cm³/mol. The molecular formula is C15H22ClFN2O3. The van der Waals surface area contributed by atoms with Crippen molar-refractivity contribution in [1.82, 2.24) is 4.90 Å². The normalized spacial score (nSPS) is 11.8. The van der Waals surface area contributed by atoms with Crippen LogP contribution in [0.3, 0.4) is 0 Å². The number of nitrogens with one attached hydrogen (secondary N) is 1. The first-order chi connectivity index (χ1) is 10.3. The maximum atomic E-state index is 13.6. The molecule has 1 amide bonds. The minimum atomic E-state index is -0.618. The van der Waals surface area contributed by atoms with Crippen molar-refractivity contribution in [2.24, 2.45) is 5.41 Å². The third-order valence-corrected chi connectivity index (χ3v) is 3.58. The number of amides is 1. The van der Waals surface area contributed by atoms with Gasteiger partial charge in [0.15, 0.2) is 0 Å². The summed E-state index contributed by atoms with van der Waals surface area (Å²) in [5.41, 5.74) is -0.527. The zero-order chi connectivity index (χ0) is 16.8. The van der Waals surface area contributed by atoms with Crippen LogP contribution in [-0.4, -0.2) is 54.4 Å². The van der Waals surface area contributed by atoms with Crippen LogP contribution in [0.25, 0.3) is 0 Å². The first kappa shape index (κ1) is 18.8. The molecule has 0 aromatic heterocycles. The number of halogens is 2. The Bertz CT molecular complexity index is 510. The molecule has 0 saturated heterocycles. The number of aliphatic hydroxyl groups is 2. The smallest absolute Gasteiger partial charge is 0.225 e. The van der Waals surface area contributed by atoms with Crippen LogP contribution >= 0.6 is 11.6 Å². The van der Waals surface area contributed by atoms with Gasteiger partial charge in [0.1, 0.15) is 5.82 Å². The Kier molecular flexibility index (Phi) is 7.22. The molecule has 0 heterocycles. The highest BCUT2D eigenvalue weighted by Crippen LogP contribution is 2.19. The lowest BCUT2D eigenvalue weighted by atomic mass is 9.92. The van der Waals surface area contributed by atoms with Gasteiger partial charge in [-0.15, -0.1) is 0 Å². The zero-order valence-corrected chi connectivity index (χ0v) is 13.5. The van der Waals surface area contributed by atoms with Crippen LogP contribution in [0.4, 0.5) is 10.1 Å². The lowest BCUT2D eigenvalue weighted by Crippen LogP contribution is -2.40. The summed E-state index contributed by atoms with van der Waals surface area (Å²) in [6, 6.07) is 4.05. The molecule has 0 spiro atoms. The summed E-state index contributed by atoms with van der Waals surface area (Å²) >= 11 is 5.64. The molecule has 0 aliphatic carbocycles. The molecule has 7 heteroatoms. The number of rotatable bonds is 8. The van der Waals surface area contributed by atoms with Gasteiger partial charge in [-0.3, -0.25) is 4.79 Å². The van der Waals surface area contributed by atoms with Crippen LogP contribution in [0.15, 0.2) is 18.2 Å². The second kappa shape index (κ2) is 8.43. The number of anilines is 1. The first-order valence-corrected chi connectivity index (χ1v) is 7.32. The van der Waals surface area contributed by atoms with Crippen LogP contribution in [0.5, 0.6) is 0 Å². The second-order valence-corrected chi connectivity index (χ2v) is 6.22.